The second kappa shape index (κ2) is 4.43. The minimum absolute atomic E-state index is 0.212. The van der Waals surface area contributed by atoms with Crippen molar-refractivity contribution in [3.05, 3.63) is 42.1 Å². The van der Waals surface area contributed by atoms with Crippen molar-refractivity contribution in [2.24, 2.45) is 0 Å². The number of rotatable bonds is 1. The summed E-state index contributed by atoms with van der Waals surface area (Å²) in [6, 6.07) is 8.74. The normalized spacial score (nSPS) is 31.2. The molecule has 0 spiro atoms. The van der Waals surface area contributed by atoms with Gasteiger partial charge in [-0.1, -0.05) is 37.1 Å². The molecular formula is C16H21NO. The van der Waals surface area contributed by atoms with Crippen molar-refractivity contribution < 1.29 is 5.11 Å². The highest BCUT2D eigenvalue weighted by atomic mass is 16.3. The van der Waals surface area contributed by atoms with Gasteiger partial charge in [-0.25, -0.2) is 0 Å². The summed E-state index contributed by atoms with van der Waals surface area (Å²) in [7, 11) is 0. The van der Waals surface area contributed by atoms with Gasteiger partial charge in [0.2, 0.25) is 0 Å². The average molecular weight is 243 g/mol. The van der Waals surface area contributed by atoms with Crippen LogP contribution in [0.3, 0.4) is 0 Å². The van der Waals surface area contributed by atoms with Crippen LogP contribution in [0.2, 0.25) is 0 Å². The van der Waals surface area contributed by atoms with E-state index in [1.807, 2.05) is 6.92 Å². The molecule has 1 saturated carbocycles. The van der Waals surface area contributed by atoms with Gasteiger partial charge in [-0.05, 0) is 37.8 Å². The number of aliphatic hydroxyl groups is 1. The Morgan fingerprint density at radius 2 is 2.11 bits per heavy atom. The summed E-state index contributed by atoms with van der Waals surface area (Å²) < 4.78 is 0. The quantitative estimate of drug-likeness (QED) is 0.818. The van der Waals surface area contributed by atoms with Crippen LogP contribution in [0.15, 0.2) is 36.5 Å². The summed E-state index contributed by atoms with van der Waals surface area (Å²) in [6.07, 6.45) is 9.70. The fourth-order valence-electron chi connectivity index (χ4n) is 3.32. The first-order valence-electron chi connectivity index (χ1n) is 6.94. The van der Waals surface area contributed by atoms with Crippen LogP contribution in [-0.4, -0.2) is 16.7 Å². The molecule has 0 aromatic heterocycles. The summed E-state index contributed by atoms with van der Waals surface area (Å²) in [6.45, 7) is 1.99. The maximum Gasteiger partial charge on any atom is 0.0825 e. The van der Waals surface area contributed by atoms with Gasteiger partial charge in [-0.3, -0.25) is 0 Å². The molecule has 0 bridgehead atoms. The Balaban J connectivity index is 1.96. The highest BCUT2D eigenvalue weighted by Crippen LogP contribution is 2.37. The van der Waals surface area contributed by atoms with E-state index in [9.17, 15) is 5.11 Å². The minimum Gasteiger partial charge on any atom is -0.388 e. The van der Waals surface area contributed by atoms with Crippen molar-refractivity contribution in [2.75, 3.05) is 4.90 Å². The third-order valence-corrected chi connectivity index (χ3v) is 4.34. The molecule has 2 nitrogen and oxygen atoms in total. The van der Waals surface area contributed by atoms with Crippen molar-refractivity contribution in [2.45, 2.75) is 50.7 Å². The second-order valence-corrected chi connectivity index (χ2v) is 5.74. The Kier molecular flexibility index (Phi) is 2.90. The standard InChI is InChI=1S/C16H21NO/c1-16(18)11-5-4-10-15(16)17-12-6-8-13-7-2-3-9-14(13)17/h2-3,6-7,9,12,15,18H,4-5,8,10-11H2,1H3. The van der Waals surface area contributed by atoms with Crippen LogP contribution >= 0.6 is 0 Å². The van der Waals surface area contributed by atoms with Crippen LogP contribution in [0.4, 0.5) is 5.69 Å². The summed E-state index contributed by atoms with van der Waals surface area (Å²) in [4.78, 5) is 2.29. The van der Waals surface area contributed by atoms with E-state index >= 15 is 0 Å². The van der Waals surface area contributed by atoms with E-state index < -0.39 is 5.60 Å². The lowest BCUT2D eigenvalue weighted by Crippen LogP contribution is -2.51. The van der Waals surface area contributed by atoms with Crippen LogP contribution in [-0.2, 0) is 6.42 Å². The van der Waals surface area contributed by atoms with Gasteiger partial charge in [-0.15, -0.1) is 0 Å². The van der Waals surface area contributed by atoms with Gasteiger partial charge < -0.3 is 10.0 Å². The number of hydrogen-bond acceptors (Lipinski definition) is 2. The first-order chi connectivity index (χ1) is 8.68. The lowest BCUT2D eigenvalue weighted by Gasteiger charge is -2.45. The summed E-state index contributed by atoms with van der Waals surface area (Å²) in [5.41, 5.74) is 2.06. The molecule has 1 aliphatic heterocycles. The highest BCUT2D eigenvalue weighted by molar-refractivity contribution is 5.60. The number of allylic oxidation sites excluding steroid dienone is 1. The zero-order chi connectivity index (χ0) is 12.6. The Morgan fingerprint density at radius 3 is 2.94 bits per heavy atom. The average Bonchev–Trinajstić information content (AvgIpc) is 2.38. The van der Waals surface area contributed by atoms with E-state index in [1.165, 1.54) is 17.7 Å². The molecule has 1 aliphatic carbocycles. The summed E-state index contributed by atoms with van der Waals surface area (Å²) in [5, 5.41) is 10.6. The largest absolute Gasteiger partial charge is 0.388 e. The first kappa shape index (κ1) is 11.8. The van der Waals surface area contributed by atoms with Gasteiger partial charge in [0.15, 0.2) is 0 Å². The van der Waals surface area contributed by atoms with E-state index in [1.54, 1.807) is 0 Å². The maximum atomic E-state index is 10.6. The molecule has 2 aliphatic rings. The molecule has 1 N–H and O–H groups in total. The Morgan fingerprint density at radius 1 is 1.28 bits per heavy atom. The molecule has 2 unspecified atom stereocenters. The van der Waals surface area contributed by atoms with E-state index in [2.05, 4.69) is 41.4 Å². The fraction of sp³-hybridized carbons (Fsp3) is 0.500. The van der Waals surface area contributed by atoms with Crippen molar-refractivity contribution in [1.82, 2.24) is 0 Å². The van der Waals surface area contributed by atoms with Crippen molar-refractivity contribution in [3.63, 3.8) is 0 Å². The van der Waals surface area contributed by atoms with Gasteiger partial charge in [0.1, 0.15) is 0 Å². The maximum absolute atomic E-state index is 10.6. The van der Waals surface area contributed by atoms with Gasteiger partial charge in [0.25, 0.3) is 0 Å². The summed E-state index contributed by atoms with van der Waals surface area (Å²) >= 11 is 0. The number of anilines is 1. The predicted molar refractivity (Wildman–Crippen MR) is 74.6 cm³/mol. The topological polar surface area (TPSA) is 23.5 Å². The molecule has 0 amide bonds. The van der Waals surface area contributed by atoms with Gasteiger partial charge >= 0.3 is 0 Å². The molecule has 2 atom stereocenters. The van der Waals surface area contributed by atoms with Crippen molar-refractivity contribution in [3.8, 4) is 0 Å². The van der Waals surface area contributed by atoms with E-state index in [-0.39, 0.29) is 6.04 Å². The molecule has 1 aromatic rings. The molecule has 0 saturated heterocycles. The Hall–Kier alpha value is -1.28. The zero-order valence-corrected chi connectivity index (χ0v) is 11.0. The van der Waals surface area contributed by atoms with Gasteiger partial charge in [0, 0.05) is 11.9 Å². The van der Waals surface area contributed by atoms with Crippen molar-refractivity contribution in [1.29, 1.82) is 0 Å². The number of fused-ring (bicyclic) bond motifs is 1. The number of nitrogens with zero attached hydrogens (tertiary/aromatic N) is 1. The molecule has 18 heavy (non-hydrogen) atoms. The van der Waals surface area contributed by atoms with Gasteiger partial charge in [0.05, 0.1) is 11.6 Å². The van der Waals surface area contributed by atoms with E-state index in [4.69, 9.17) is 0 Å². The van der Waals surface area contributed by atoms with Crippen LogP contribution < -0.4 is 4.90 Å². The molecule has 96 valence electrons. The highest BCUT2D eigenvalue weighted by Gasteiger charge is 2.38. The fourth-order valence-corrected chi connectivity index (χ4v) is 3.32. The molecular weight excluding hydrogens is 222 g/mol. The number of para-hydroxylation sites is 1. The third-order valence-electron chi connectivity index (χ3n) is 4.34. The minimum atomic E-state index is -0.576. The lowest BCUT2D eigenvalue weighted by molar-refractivity contribution is 0.00324. The second-order valence-electron chi connectivity index (χ2n) is 5.74. The smallest absolute Gasteiger partial charge is 0.0825 e. The van der Waals surface area contributed by atoms with Crippen LogP contribution in [0.1, 0.15) is 38.2 Å². The molecule has 0 radical (unpaired) electrons. The molecule has 1 aromatic carbocycles. The van der Waals surface area contributed by atoms with Crippen LogP contribution in [0.25, 0.3) is 0 Å². The number of hydrogen-bond donors (Lipinski definition) is 1. The predicted octanol–water partition coefficient (Wildman–Crippen LogP) is 3.26. The molecule has 1 heterocycles. The Bertz CT molecular complexity index is 464. The lowest BCUT2D eigenvalue weighted by atomic mass is 9.80. The monoisotopic (exact) mass is 243 g/mol. The Labute approximate surface area is 109 Å². The van der Waals surface area contributed by atoms with E-state index in [0.29, 0.717) is 0 Å². The third kappa shape index (κ3) is 1.95. The SMILES string of the molecule is CC1(O)CCCCC1N1C=CCc2ccccc21. The zero-order valence-electron chi connectivity index (χ0n) is 11.0. The van der Waals surface area contributed by atoms with Crippen LogP contribution in [0.5, 0.6) is 0 Å². The first-order valence-corrected chi connectivity index (χ1v) is 6.94. The van der Waals surface area contributed by atoms with Gasteiger partial charge in [-0.2, -0.15) is 0 Å². The molecule has 2 heteroatoms. The van der Waals surface area contributed by atoms with E-state index in [0.717, 1.165) is 25.7 Å². The van der Waals surface area contributed by atoms with Crippen LogP contribution in [0, 0.1) is 0 Å². The number of benzene rings is 1. The van der Waals surface area contributed by atoms with Crippen molar-refractivity contribution >= 4 is 5.69 Å². The molecule has 3 rings (SSSR count). The summed E-state index contributed by atoms with van der Waals surface area (Å²) in [5.74, 6) is 0. The molecule has 1 fully saturated rings.